The van der Waals surface area contributed by atoms with Gasteiger partial charge in [0.05, 0.1) is 13.2 Å². The summed E-state index contributed by atoms with van der Waals surface area (Å²) in [6.07, 6.45) is 3.35. The minimum absolute atomic E-state index is 0.110. The molecule has 0 bridgehead atoms. The Morgan fingerprint density at radius 2 is 1.97 bits per heavy atom. The molecular formula is C28H37NO5. The van der Waals surface area contributed by atoms with Crippen molar-refractivity contribution in [3.05, 3.63) is 53.6 Å². The highest BCUT2D eigenvalue weighted by atomic mass is 16.7. The van der Waals surface area contributed by atoms with Crippen LogP contribution in [0.2, 0.25) is 0 Å². The van der Waals surface area contributed by atoms with Gasteiger partial charge in [-0.2, -0.15) is 0 Å². The summed E-state index contributed by atoms with van der Waals surface area (Å²) in [6, 6.07) is 14.3. The van der Waals surface area contributed by atoms with Crippen molar-refractivity contribution in [2.45, 2.75) is 64.5 Å². The number of hydrogen-bond acceptors (Lipinski definition) is 5. The van der Waals surface area contributed by atoms with E-state index in [0.29, 0.717) is 32.0 Å². The number of nitrogens with zero attached hydrogens (tertiary/aromatic N) is 1. The summed E-state index contributed by atoms with van der Waals surface area (Å²) in [6.45, 7) is 8.54. The highest BCUT2D eigenvalue weighted by Crippen LogP contribution is 2.45. The molecule has 1 amide bonds. The summed E-state index contributed by atoms with van der Waals surface area (Å²) in [5.41, 5.74) is 2.16. The second-order valence-electron chi connectivity index (χ2n) is 9.69. The minimum atomic E-state index is -0.110. The Labute approximate surface area is 203 Å². The third kappa shape index (κ3) is 5.17. The first-order valence-electron chi connectivity index (χ1n) is 12.4. The number of rotatable bonds is 9. The molecule has 0 spiro atoms. The van der Waals surface area contributed by atoms with E-state index in [1.807, 2.05) is 42.2 Å². The molecule has 0 unspecified atom stereocenters. The van der Waals surface area contributed by atoms with E-state index in [9.17, 15) is 4.79 Å². The van der Waals surface area contributed by atoms with Gasteiger partial charge in [0.15, 0.2) is 11.5 Å². The number of amides is 1. The van der Waals surface area contributed by atoms with Gasteiger partial charge in [-0.25, -0.2) is 0 Å². The monoisotopic (exact) mass is 467 g/mol. The SMILES string of the molecule is CCC(=O)N(CC[C@]1(c2ccccc2OC)CCO[C@H](C(C)C)C1)Cc1ccc2c(c1)OCO2. The van der Waals surface area contributed by atoms with Crippen LogP contribution >= 0.6 is 0 Å². The van der Waals surface area contributed by atoms with Crippen LogP contribution in [0.25, 0.3) is 0 Å². The summed E-state index contributed by atoms with van der Waals surface area (Å²) >= 11 is 0. The first-order valence-corrected chi connectivity index (χ1v) is 12.4. The highest BCUT2D eigenvalue weighted by molar-refractivity contribution is 5.75. The first kappa shape index (κ1) is 24.4. The quantitative estimate of drug-likeness (QED) is 0.499. The van der Waals surface area contributed by atoms with Crippen LogP contribution in [-0.4, -0.2) is 44.0 Å². The molecule has 2 heterocycles. The molecule has 2 atom stereocenters. The van der Waals surface area contributed by atoms with Crippen molar-refractivity contribution in [1.29, 1.82) is 0 Å². The fourth-order valence-corrected chi connectivity index (χ4v) is 5.19. The van der Waals surface area contributed by atoms with Gasteiger partial charge in [0.2, 0.25) is 12.7 Å². The van der Waals surface area contributed by atoms with Crippen LogP contribution in [0.4, 0.5) is 0 Å². The molecule has 6 heteroatoms. The van der Waals surface area contributed by atoms with Crippen molar-refractivity contribution in [2.24, 2.45) is 5.92 Å². The summed E-state index contributed by atoms with van der Waals surface area (Å²) in [4.78, 5) is 15.0. The van der Waals surface area contributed by atoms with E-state index in [4.69, 9.17) is 18.9 Å². The van der Waals surface area contributed by atoms with Gasteiger partial charge in [-0.15, -0.1) is 0 Å². The molecule has 2 aromatic rings. The first-order chi connectivity index (χ1) is 16.5. The fourth-order valence-electron chi connectivity index (χ4n) is 5.19. The van der Waals surface area contributed by atoms with Gasteiger partial charge in [0.1, 0.15) is 5.75 Å². The lowest BCUT2D eigenvalue weighted by Crippen LogP contribution is -2.44. The Morgan fingerprint density at radius 3 is 2.74 bits per heavy atom. The van der Waals surface area contributed by atoms with Crippen molar-refractivity contribution >= 4 is 5.91 Å². The molecule has 2 aliphatic heterocycles. The molecule has 34 heavy (non-hydrogen) atoms. The second kappa shape index (κ2) is 10.7. The van der Waals surface area contributed by atoms with Crippen LogP contribution in [0, 0.1) is 5.92 Å². The minimum Gasteiger partial charge on any atom is -0.496 e. The number of carbonyl (C=O) groups is 1. The largest absolute Gasteiger partial charge is 0.496 e. The Bertz CT molecular complexity index is 991. The predicted molar refractivity (Wildman–Crippen MR) is 131 cm³/mol. The topological polar surface area (TPSA) is 57.2 Å². The normalized spacial score (nSPS) is 21.5. The summed E-state index contributed by atoms with van der Waals surface area (Å²) in [5, 5.41) is 0. The number of benzene rings is 2. The van der Waals surface area contributed by atoms with E-state index >= 15 is 0 Å². The molecule has 0 aliphatic carbocycles. The second-order valence-corrected chi connectivity index (χ2v) is 9.69. The average molecular weight is 468 g/mol. The van der Waals surface area contributed by atoms with Crippen molar-refractivity contribution in [3.63, 3.8) is 0 Å². The van der Waals surface area contributed by atoms with Crippen LogP contribution in [0.3, 0.4) is 0 Å². The maximum Gasteiger partial charge on any atom is 0.231 e. The lowest BCUT2D eigenvalue weighted by atomic mass is 9.68. The van der Waals surface area contributed by atoms with Gasteiger partial charge >= 0.3 is 0 Å². The van der Waals surface area contributed by atoms with Crippen LogP contribution in [-0.2, 0) is 21.5 Å². The van der Waals surface area contributed by atoms with E-state index < -0.39 is 0 Å². The van der Waals surface area contributed by atoms with Crippen molar-refractivity contribution in [1.82, 2.24) is 4.90 Å². The average Bonchev–Trinajstić information content (AvgIpc) is 3.34. The Hall–Kier alpha value is -2.73. The zero-order valence-corrected chi connectivity index (χ0v) is 20.8. The number of carbonyl (C=O) groups excluding carboxylic acids is 1. The maximum atomic E-state index is 13.0. The number of fused-ring (bicyclic) bond motifs is 1. The van der Waals surface area contributed by atoms with Crippen molar-refractivity contribution in [3.8, 4) is 17.2 Å². The number of methoxy groups -OCH3 is 1. The van der Waals surface area contributed by atoms with Crippen LogP contribution in [0.15, 0.2) is 42.5 Å². The van der Waals surface area contributed by atoms with Gasteiger partial charge in [0, 0.05) is 37.1 Å². The highest BCUT2D eigenvalue weighted by Gasteiger charge is 2.41. The molecule has 0 aromatic heterocycles. The van der Waals surface area contributed by atoms with Crippen molar-refractivity contribution < 1.29 is 23.7 Å². The third-order valence-corrected chi connectivity index (χ3v) is 7.25. The predicted octanol–water partition coefficient (Wildman–Crippen LogP) is 5.33. The van der Waals surface area contributed by atoms with E-state index in [1.165, 1.54) is 5.56 Å². The van der Waals surface area contributed by atoms with Crippen LogP contribution in [0.1, 0.15) is 57.6 Å². The van der Waals surface area contributed by atoms with Gasteiger partial charge in [-0.1, -0.05) is 45.0 Å². The van der Waals surface area contributed by atoms with Gasteiger partial charge < -0.3 is 23.8 Å². The molecule has 0 radical (unpaired) electrons. The van der Waals surface area contributed by atoms with E-state index in [2.05, 4.69) is 26.0 Å². The summed E-state index contributed by atoms with van der Waals surface area (Å²) < 4.78 is 22.9. The molecule has 0 saturated carbocycles. The van der Waals surface area contributed by atoms with E-state index in [0.717, 1.165) is 42.1 Å². The molecule has 6 nitrogen and oxygen atoms in total. The molecule has 184 valence electrons. The Morgan fingerprint density at radius 1 is 1.18 bits per heavy atom. The lowest BCUT2D eigenvalue weighted by molar-refractivity contribution is -0.132. The van der Waals surface area contributed by atoms with Gasteiger partial charge in [-0.05, 0) is 48.9 Å². The smallest absolute Gasteiger partial charge is 0.231 e. The molecule has 2 aliphatic rings. The lowest BCUT2D eigenvalue weighted by Gasteiger charge is -2.44. The molecule has 4 rings (SSSR count). The maximum absolute atomic E-state index is 13.0. The third-order valence-electron chi connectivity index (χ3n) is 7.25. The van der Waals surface area contributed by atoms with Crippen LogP contribution < -0.4 is 14.2 Å². The molecule has 1 fully saturated rings. The Kier molecular flexibility index (Phi) is 7.67. The molecule has 1 saturated heterocycles. The molecular weight excluding hydrogens is 430 g/mol. The fraction of sp³-hybridized carbons (Fsp3) is 0.536. The van der Waals surface area contributed by atoms with Crippen molar-refractivity contribution in [2.75, 3.05) is 27.1 Å². The van der Waals surface area contributed by atoms with Gasteiger partial charge in [-0.3, -0.25) is 4.79 Å². The zero-order valence-electron chi connectivity index (χ0n) is 20.8. The number of hydrogen-bond donors (Lipinski definition) is 0. The zero-order chi connectivity index (χ0) is 24.1. The summed E-state index contributed by atoms with van der Waals surface area (Å²) in [5.74, 6) is 3.00. The standard InChI is InChI=1S/C28H37NO5/c1-5-27(30)29(18-21-10-11-24-25(16-21)34-19-33-24)14-12-28(13-15-32-26(17-28)20(2)3)22-8-6-7-9-23(22)31-4/h6-11,16,20,26H,5,12-15,17-19H2,1-4H3/t26-,28-/m0/s1. The Balaban J connectivity index is 1.59. The van der Waals surface area contributed by atoms with E-state index in [1.54, 1.807) is 7.11 Å². The molecule has 0 N–H and O–H groups in total. The molecule has 2 aromatic carbocycles. The number of ether oxygens (including phenoxy) is 4. The van der Waals surface area contributed by atoms with Gasteiger partial charge in [0.25, 0.3) is 0 Å². The van der Waals surface area contributed by atoms with Crippen LogP contribution in [0.5, 0.6) is 17.2 Å². The summed E-state index contributed by atoms with van der Waals surface area (Å²) in [7, 11) is 1.73. The van der Waals surface area contributed by atoms with E-state index in [-0.39, 0.29) is 24.2 Å². The number of para-hydroxylation sites is 1.